The number of halogens is 1. The summed E-state index contributed by atoms with van der Waals surface area (Å²) in [5.41, 5.74) is 2.07. The van der Waals surface area contributed by atoms with Gasteiger partial charge in [0.2, 0.25) is 5.88 Å². The van der Waals surface area contributed by atoms with Crippen LogP contribution >= 0.6 is 0 Å². The molecule has 3 aromatic carbocycles. The van der Waals surface area contributed by atoms with E-state index >= 15 is 0 Å². The van der Waals surface area contributed by atoms with Crippen molar-refractivity contribution >= 4 is 10.8 Å². The van der Waals surface area contributed by atoms with E-state index in [-0.39, 0.29) is 5.82 Å². The molecule has 0 N–H and O–H groups in total. The molecule has 25 heavy (non-hydrogen) atoms. The molecule has 4 heteroatoms. The second-order valence-corrected chi connectivity index (χ2v) is 5.72. The number of aromatic nitrogens is 2. The lowest BCUT2D eigenvalue weighted by molar-refractivity contribution is 0.459. The Bertz CT molecular complexity index is 1000. The van der Waals surface area contributed by atoms with Crippen LogP contribution in [0.15, 0.2) is 78.9 Å². The Labute approximate surface area is 144 Å². The van der Waals surface area contributed by atoms with E-state index in [1.165, 1.54) is 17.7 Å². The van der Waals surface area contributed by atoms with Gasteiger partial charge in [-0.25, -0.2) is 4.39 Å². The first-order valence-corrected chi connectivity index (χ1v) is 8.01. The maximum atomic E-state index is 13.1. The summed E-state index contributed by atoms with van der Waals surface area (Å²) in [6.45, 7) is 0. The smallest absolute Gasteiger partial charge is 0.246 e. The summed E-state index contributed by atoms with van der Waals surface area (Å²) in [4.78, 5) is 0. The third kappa shape index (κ3) is 3.33. The molecule has 0 spiro atoms. The minimum atomic E-state index is -0.304. The molecule has 0 atom stereocenters. The molecule has 0 bridgehead atoms. The number of fused-ring (bicyclic) bond motifs is 1. The van der Waals surface area contributed by atoms with Gasteiger partial charge in [-0.2, -0.15) is 5.10 Å². The van der Waals surface area contributed by atoms with Gasteiger partial charge < -0.3 is 4.74 Å². The molecule has 122 valence electrons. The van der Waals surface area contributed by atoms with Crippen molar-refractivity contribution in [2.24, 2.45) is 0 Å². The van der Waals surface area contributed by atoms with Crippen LogP contribution in [0.25, 0.3) is 10.8 Å². The van der Waals surface area contributed by atoms with Gasteiger partial charge in [-0.05, 0) is 35.9 Å². The number of nitrogens with zero attached hydrogens (tertiary/aromatic N) is 2. The molecule has 4 rings (SSSR count). The molecule has 0 aliphatic rings. The van der Waals surface area contributed by atoms with Crippen LogP contribution < -0.4 is 4.74 Å². The van der Waals surface area contributed by atoms with Crippen molar-refractivity contribution in [2.75, 3.05) is 0 Å². The van der Waals surface area contributed by atoms with Gasteiger partial charge in [0.1, 0.15) is 11.6 Å². The molecule has 0 radical (unpaired) electrons. The van der Waals surface area contributed by atoms with Gasteiger partial charge in [0.25, 0.3) is 0 Å². The Hall–Kier alpha value is -3.27. The third-order valence-electron chi connectivity index (χ3n) is 3.97. The summed E-state index contributed by atoms with van der Waals surface area (Å²) >= 11 is 0. The van der Waals surface area contributed by atoms with E-state index in [1.807, 2.05) is 42.5 Å². The molecule has 0 saturated heterocycles. The van der Waals surface area contributed by atoms with Crippen molar-refractivity contribution in [3.05, 3.63) is 95.9 Å². The van der Waals surface area contributed by atoms with E-state index < -0.39 is 0 Å². The van der Waals surface area contributed by atoms with E-state index in [1.54, 1.807) is 12.1 Å². The summed E-state index contributed by atoms with van der Waals surface area (Å²) < 4.78 is 18.9. The zero-order valence-corrected chi connectivity index (χ0v) is 13.4. The van der Waals surface area contributed by atoms with Crippen LogP contribution in [0.2, 0.25) is 0 Å². The summed E-state index contributed by atoms with van der Waals surface area (Å²) in [6, 6.07) is 23.9. The van der Waals surface area contributed by atoms with Gasteiger partial charge in [0, 0.05) is 17.2 Å². The Kier molecular flexibility index (Phi) is 4.09. The number of hydrogen-bond acceptors (Lipinski definition) is 3. The highest BCUT2D eigenvalue weighted by molar-refractivity contribution is 5.88. The van der Waals surface area contributed by atoms with Gasteiger partial charge in [-0.3, -0.25) is 0 Å². The summed E-state index contributed by atoms with van der Waals surface area (Å²) in [6.07, 6.45) is 0.700. The van der Waals surface area contributed by atoms with E-state index in [0.29, 0.717) is 18.1 Å². The molecule has 0 unspecified atom stereocenters. The van der Waals surface area contributed by atoms with Crippen LogP contribution in [0.4, 0.5) is 4.39 Å². The van der Waals surface area contributed by atoms with Crippen molar-refractivity contribution in [3.63, 3.8) is 0 Å². The summed E-state index contributed by atoms with van der Waals surface area (Å²) in [5, 5.41) is 10.5. The van der Waals surface area contributed by atoms with Gasteiger partial charge in [0.15, 0.2) is 0 Å². The lowest BCUT2D eigenvalue weighted by atomic mass is 10.0. The van der Waals surface area contributed by atoms with Gasteiger partial charge in [-0.15, -0.1) is 5.10 Å². The molecule has 1 heterocycles. The Balaban J connectivity index is 1.72. The Morgan fingerprint density at radius 2 is 1.40 bits per heavy atom. The molecule has 0 amide bonds. The molecule has 1 aromatic heterocycles. The second kappa shape index (κ2) is 6.69. The first-order valence-electron chi connectivity index (χ1n) is 8.01. The topological polar surface area (TPSA) is 35.0 Å². The highest BCUT2D eigenvalue weighted by atomic mass is 19.1. The summed E-state index contributed by atoms with van der Waals surface area (Å²) in [7, 11) is 0. The quantitative estimate of drug-likeness (QED) is 0.519. The van der Waals surface area contributed by atoms with Gasteiger partial charge in [0.05, 0.1) is 5.69 Å². The average Bonchev–Trinajstić information content (AvgIpc) is 2.66. The highest BCUT2D eigenvalue weighted by Gasteiger charge is 2.11. The fourth-order valence-corrected chi connectivity index (χ4v) is 2.74. The fourth-order valence-electron chi connectivity index (χ4n) is 2.74. The largest absolute Gasteiger partial charge is 0.437 e. The minimum absolute atomic E-state index is 0.304. The van der Waals surface area contributed by atoms with Crippen LogP contribution in [-0.2, 0) is 6.42 Å². The van der Waals surface area contributed by atoms with Crippen LogP contribution in [0.5, 0.6) is 11.6 Å². The first kappa shape index (κ1) is 15.3. The minimum Gasteiger partial charge on any atom is -0.437 e. The van der Waals surface area contributed by atoms with E-state index in [9.17, 15) is 4.39 Å². The zero-order valence-electron chi connectivity index (χ0n) is 13.4. The van der Waals surface area contributed by atoms with E-state index in [4.69, 9.17) is 4.74 Å². The first-order chi connectivity index (χ1) is 12.3. The number of hydrogen-bond donors (Lipinski definition) is 0. The van der Waals surface area contributed by atoms with Crippen molar-refractivity contribution < 1.29 is 9.13 Å². The molecule has 3 nitrogen and oxygen atoms in total. The Morgan fingerprint density at radius 3 is 2.16 bits per heavy atom. The maximum Gasteiger partial charge on any atom is 0.246 e. The third-order valence-corrected chi connectivity index (χ3v) is 3.97. The predicted octanol–water partition coefficient (Wildman–Crippen LogP) is 5.15. The predicted molar refractivity (Wildman–Crippen MR) is 95.3 cm³/mol. The standard InChI is InChI=1S/C21H15FN2O/c22-16-10-12-17(13-11-16)25-21-19-9-5-4-8-18(19)20(23-24-21)14-15-6-2-1-3-7-15/h1-13H,14H2. The van der Waals surface area contributed by atoms with Crippen LogP contribution in [0.3, 0.4) is 0 Å². The number of rotatable bonds is 4. The highest BCUT2D eigenvalue weighted by Crippen LogP contribution is 2.29. The molecule has 4 aromatic rings. The van der Waals surface area contributed by atoms with Gasteiger partial charge in [-0.1, -0.05) is 48.5 Å². The van der Waals surface area contributed by atoms with Crippen LogP contribution in [0.1, 0.15) is 11.3 Å². The van der Waals surface area contributed by atoms with Crippen molar-refractivity contribution in [2.45, 2.75) is 6.42 Å². The maximum absolute atomic E-state index is 13.1. The van der Waals surface area contributed by atoms with Gasteiger partial charge >= 0.3 is 0 Å². The monoisotopic (exact) mass is 330 g/mol. The Morgan fingerprint density at radius 1 is 0.720 bits per heavy atom. The molecule has 0 fully saturated rings. The van der Waals surface area contributed by atoms with Crippen molar-refractivity contribution in [1.29, 1.82) is 0 Å². The molecule has 0 aliphatic heterocycles. The van der Waals surface area contributed by atoms with Crippen molar-refractivity contribution in [3.8, 4) is 11.6 Å². The average molecular weight is 330 g/mol. The van der Waals surface area contributed by atoms with Crippen LogP contribution in [0, 0.1) is 5.82 Å². The lowest BCUT2D eigenvalue weighted by Crippen LogP contribution is -1.99. The molecule has 0 saturated carbocycles. The number of ether oxygens (including phenoxy) is 1. The fraction of sp³-hybridized carbons (Fsp3) is 0.0476. The van der Waals surface area contributed by atoms with Crippen molar-refractivity contribution in [1.82, 2.24) is 10.2 Å². The lowest BCUT2D eigenvalue weighted by Gasteiger charge is -2.10. The summed E-state index contributed by atoms with van der Waals surface area (Å²) in [5.74, 6) is 0.636. The number of benzene rings is 3. The SMILES string of the molecule is Fc1ccc(Oc2nnc(Cc3ccccc3)c3ccccc23)cc1. The molecular formula is C21H15FN2O. The second-order valence-electron chi connectivity index (χ2n) is 5.72. The normalized spacial score (nSPS) is 10.8. The van der Waals surface area contributed by atoms with E-state index in [2.05, 4.69) is 22.3 Å². The molecular weight excluding hydrogens is 315 g/mol. The van der Waals surface area contributed by atoms with E-state index in [0.717, 1.165) is 16.5 Å². The molecule has 0 aliphatic carbocycles. The zero-order chi connectivity index (χ0) is 17.1. The van der Waals surface area contributed by atoms with Crippen LogP contribution in [-0.4, -0.2) is 10.2 Å².